The topological polar surface area (TPSA) is 145 Å². The second-order valence-electron chi connectivity index (χ2n) is 10.3. The SMILES string of the molecule is CC(F)(F)F.Cc1cc(N2CCOCC2)cc(F)c1C(=O)NCC(=O)O.Cc1ccc(N(C=O)C(=O)c2ccncc2N(C)C)nc1. The summed E-state index contributed by atoms with van der Waals surface area (Å²) in [7, 11) is 3.62. The third-order valence-electron chi connectivity index (χ3n) is 6.25. The van der Waals surface area contributed by atoms with Crippen molar-refractivity contribution < 1.29 is 46.6 Å². The number of hydrogen-bond donors (Lipinski definition) is 2. The van der Waals surface area contributed by atoms with Crippen LogP contribution in [0.25, 0.3) is 0 Å². The van der Waals surface area contributed by atoms with E-state index in [1.807, 2.05) is 25.9 Å². The van der Waals surface area contributed by atoms with E-state index in [4.69, 9.17) is 9.84 Å². The molecule has 47 heavy (non-hydrogen) atoms. The number of amides is 3. The minimum atomic E-state index is -4.00. The van der Waals surface area contributed by atoms with Crippen molar-refractivity contribution in [1.82, 2.24) is 15.3 Å². The van der Waals surface area contributed by atoms with E-state index in [-0.39, 0.29) is 12.5 Å². The number of anilines is 3. The lowest BCUT2D eigenvalue weighted by atomic mass is 10.1. The molecule has 3 heterocycles. The molecule has 12 nitrogen and oxygen atoms in total. The van der Waals surface area contributed by atoms with Crippen molar-refractivity contribution in [2.24, 2.45) is 0 Å². The molecule has 2 aromatic heterocycles. The molecule has 254 valence electrons. The van der Waals surface area contributed by atoms with Gasteiger partial charge in [0.1, 0.15) is 18.2 Å². The van der Waals surface area contributed by atoms with Gasteiger partial charge in [0.15, 0.2) is 0 Å². The van der Waals surface area contributed by atoms with Gasteiger partial charge in [-0.15, -0.1) is 0 Å². The van der Waals surface area contributed by atoms with Gasteiger partial charge in [0.05, 0.1) is 36.2 Å². The Hall–Kier alpha value is -5.12. The van der Waals surface area contributed by atoms with Crippen LogP contribution in [0.2, 0.25) is 0 Å². The Labute approximate surface area is 269 Å². The summed E-state index contributed by atoms with van der Waals surface area (Å²) in [6.45, 7) is 5.67. The van der Waals surface area contributed by atoms with Crippen LogP contribution in [0.15, 0.2) is 48.9 Å². The second-order valence-corrected chi connectivity index (χ2v) is 10.3. The monoisotopic (exact) mass is 664 g/mol. The van der Waals surface area contributed by atoms with Crippen molar-refractivity contribution in [1.29, 1.82) is 0 Å². The molecule has 1 saturated heterocycles. The van der Waals surface area contributed by atoms with Gasteiger partial charge in [-0.1, -0.05) is 6.07 Å². The molecule has 0 aliphatic carbocycles. The number of halogens is 4. The summed E-state index contributed by atoms with van der Waals surface area (Å²) in [4.78, 5) is 59.0. The Balaban J connectivity index is 0.000000286. The van der Waals surface area contributed by atoms with E-state index in [9.17, 15) is 36.7 Å². The highest BCUT2D eigenvalue weighted by Crippen LogP contribution is 2.24. The fraction of sp³-hybridized carbons (Fsp3) is 0.355. The highest BCUT2D eigenvalue weighted by atomic mass is 19.4. The van der Waals surface area contributed by atoms with E-state index >= 15 is 0 Å². The number of pyridine rings is 2. The fourth-order valence-electron chi connectivity index (χ4n) is 4.12. The van der Waals surface area contributed by atoms with Gasteiger partial charge in [-0.25, -0.2) is 14.3 Å². The fourth-order valence-corrected chi connectivity index (χ4v) is 4.12. The Morgan fingerprint density at radius 1 is 1.09 bits per heavy atom. The normalized spacial score (nSPS) is 12.4. The number of carboxylic acids is 1. The van der Waals surface area contributed by atoms with Gasteiger partial charge in [-0.3, -0.25) is 24.2 Å². The molecule has 0 radical (unpaired) electrons. The second kappa shape index (κ2) is 17.5. The summed E-state index contributed by atoms with van der Waals surface area (Å²) in [5.41, 5.74) is 3.04. The maximum absolute atomic E-state index is 14.2. The maximum Gasteiger partial charge on any atom is 0.386 e. The third kappa shape index (κ3) is 12.3. The number of ether oxygens (including phenoxy) is 1. The molecule has 1 aromatic carbocycles. The molecule has 0 saturated carbocycles. The maximum atomic E-state index is 14.2. The van der Waals surface area contributed by atoms with Crippen LogP contribution in [0.3, 0.4) is 0 Å². The van der Waals surface area contributed by atoms with Crippen LogP contribution in [-0.2, 0) is 14.3 Å². The Bertz CT molecular complexity index is 1500. The molecule has 3 aromatic rings. The van der Waals surface area contributed by atoms with E-state index in [0.29, 0.717) is 61.0 Å². The van der Waals surface area contributed by atoms with Crippen LogP contribution < -0.4 is 20.0 Å². The zero-order chi connectivity index (χ0) is 35.3. The van der Waals surface area contributed by atoms with Gasteiger partial charge in [-0.05, 0) is 49.2 Å². The number of carboxylic acid groups (broad SMARTS) is 1. The first-order valence-corrected chi connectivity index (χ1v) is 14.1. The molecular formula is C31H36F4N6O6. The number of nitrogens with one attached hydrogen (secondary N) is 1. The first-order valence-electron chi connectivity index (χ1n) is 14.1. The van der Waals surface area contributed by atoms with Gasteiger partial charge in [0.2, 0.25) is 6.41 Å². The number of imide groups is 1. The average molecular weight is 665 g/mol. The molecule has 3 amide bonds. The number of morpholine rings is 1. The van der Waals surface area contributed by atoms with Gasteiger partial charge >= 0.3 is 12.1 Å². The van der Waals surface area contributed by atoms with E-state index < -0.39 is 36.3 Å². The van der Waals surface area contributed by atoms with Crippen molar-refractivity contribution in [2.45, 2.75) is 26.9 Å². The Morgan fingerprint density at radius 2 is 1.72 bits per heavy atom. The van der Waals surface area contributed by atoms with Crippen molar-refractivity contribution in [3.8, 4) is 0 Å². The molecular weight excluding hydrogens is 628 g/mol. The van der Waals surface area contributed by atoms with Gasteiger partial charge in [-0.2, -0.15) is 13.2 Å². The van der Waals surface area contributed by atoms with Gasteiger partial charge in [0, 0.05) is 52.2 Å². The average Bonchev–Trinajstić information content (AvgIpc) is 3.00. The number of aromatic nitrogens is 2. The molecule has 4 rings (SSSR count). The zero-order valence-electron chi connectivity index (χ0n) is 26.5. The van der Waals surface area contributed by atoms with Crippen LogP contribution in [-0.4, -0.2) is 92.4 Å². The molecule has 16 heteroatoms. The standard InChI is InChI=1S/C15H16N4O2.C14H17FN2O4.C2H3F3/c1-11-4-5-14(17-8-11)19(10-20)15(21)12-6-7-16-9-13(12)18(2)3;1-9-6-10(17-2-4-21-5-3-17)7-11(15)13(9)14(20)16-8-12(18)19;1-2(3,4)5/h4-10H,1-3H3;6-7H,2-5,8H2,1H3,(H,16,20)(H,18,19);1H3. The van der Waals surface area contributed by atoms with Gasteiger partial charge in [0.25, 0.3) is 11.8 Å². The lowest BCUT2D eigenvalue weighted by molar-refractivity contribution is -0.135. The van der Waals surface area contributed by atoms with E-state index in [0.717, 1.165) is 10.5 Å². The quantitative estimate of drug-likeness (QED) is 0.268. The number of aliphatic carboxylic acids is 1. The van der Waals surface area contributed by atoms with E-state index in [1.54, 1.807) is 48.5 Å². The first-order chi connectivity index (χ1) is 22.0. The van der Waals surface area contributed by atoms with Crippen molar-refractivity contribution in [3.05, 3.63) is 77.0 Å². The highest BCUT2D eigenvalue weighted by molar-refractivity contribution is 6.17. The molecule has 2 N–H and O–H groups in total. The summed E-state index contributed by atoms with van der Waals surface area (Å²) in [5, 5.41) is 10.7. The Kier molecular flexibility index (Phi) is 14.2. The van der Waals surface area contributed by atoms with Crippen LogP contribution in [0, 0.1) is 19.7 Å². The van der Waals surface area contributed by atoms with Gasteiger partial charge < -0.3 is 25.0 Å². The number of aryl methyl sites for hydroxylation is 2. The number of carbonyl (C=O) groups excluding carboxylic acids is 3. The lowest BCUT2D eigenvalue weighted by Gasteiger charge is -2.29. The Morgan fingerprint density at radius 3 is 2.23 bits per heavy atom. The van der Waals surface area contributed by atoms with Crippen molar-refractivity contribution in [2.75, 3.05) is 61.6 Å². The highest BCUT2D eigenvalue weighted by Gasteiger charge is 2.22. The predicted molar refractivity (Wildman–Crippen MR) is 166 cm³/mol. The molecule has 0 atom stereocenters. The first kappa shape index (κ1) is 38.1. The van der Waals surface area contributed by atoms with Crippen molar-refractivity contribution in [3.63, 3.8) is 0 Å². The van der Waals surface area contributed by atoms with Crippen LogP contribution >= 0.6 is 0 Å². The summed E-state index contributed by atoms with van der Waals surface area (Å²) >= 11 is 0. The zero-order valence-corrected chi connectivity index (χ0v) is 26.5. The predicted octanol–water partition coefficient (Wildman–Crippen LogP) is 4.01. The summed E-state index contributed by atoms with van der Waals surface area (Å²) in [5.74, 6) is -2.69. The summed E-state index contributed by atoms with van der Waals surface area (Å²) in [6, 6.07) is 8.05. The molecule has 1 fully saturated rings. The third-order valence-corrected chi connectivity index (χ3v) is 6.25. The number of alkyl halides is 3. The van der Waals surface area contributed by atoms with E-state index in [2.05, 4.69) is 15.3 Å². The molecule has 1 aliphatic rings. The number of rotatable bonds is 8. The minimum Gasteiger partial charge on any atom is -0.480 e. The number of nitrogens with zero attached hydrogens (tertiary/aromatic N) is 5. The largest absolute Gasteiger partial charge is 0.480 e. The minimum absolute atomic E-state index is 0.117. The van der Waals surface area contributed by atoms with E-state index in [1.165, 1.54) is 12.3 Å². The number of carbonyl (C=O) groups is 4. The van der Waals surface area contributed by atoms with Crippen molar-refractivity contribution >= 4 is 41.4 Å². The summed E-state index contributed by atoms with van der Waals surface area (Å²) in [6.07, 6.45) is 1.18. The van der Waals surface area contributed by atoms with Crippen LogP contribution in [0.1, 0.15) is 38.8 Å². The molecule has 0 bridgehead atoms. The number of hydrogen-bond acceptors (Lipinski definition) is 9. The lowest BCUT2D eigenvalue weighted by Crippen LogP contribution is -2.36. The smallest absolute Gasteiger partial charge is 0.386 e. The van der Waals surface area contributed by atoms with Crippen LogP contribution in [0.5, 0.6) is 0 Å². The van der Waals surface area contributed by atoms with Crippen LogP contribution in [0.4, 0.5) is 34.8 Å². The molecule has 0 unspecified atom stereocenters. The molecule has 0 spiro atoms. The summed E-state index contributed by atoms with van der Waals surface area (Å²) < 4.78 is 50.5. The number of benzene rings is 1. The molecule has 1 aliphatic heterocycles.